The first-order chi connectivity index (χ1) is 39.3. The molecule has 6 atom stereocenters. The molecule has 9 amide bonds. The summed E-state index contributed by atoms with van der Waals surface area (Å²) < 4.78 is 41.1. The van der Waals surface area contributed by atoms with Gasteiger partial charge in [-0.25, -0.2) is 23.0 Å². The fourth-order valence-electron chi connectivity index (χ4n) is 10.1. The number of para-hydroxylation sites is 1. The summed E-state index contributed by atoms with van der Waals surface area (Å²) in [5.74, 6) is -11.5. The van der Waals surface area contributed by atoms with Crippen LogP contribution in [0, 0.1) is 11.8 Å². The number of cyclic esters (lactones) is 2. The highest BCUT2D eigenvalue weighted by Gasteiger charge is 2.42. The van der Waals surface area contributed by atoms with E-state index in [1.807, 2.05) is 19.6 Å². The molecule has 29 heteroatoms. The second-order valence-corrected chi connectivity index (χ2v) is 31.0. The molecule has 27 nitrogen and oxygen atoms in total. The van der Waals surface area contributed by atoms with Crippen molar-refractivity contribution in [1.82, 2.24) is 55.1 Å². The van der Waals surface area contributed by atoms with Gasteiger partial charge in [0.1, 0.15) is 55.2 Å². The number of carbonyl (C=O) groups excluding carboxylic acids is 11. The van der Waals surface area contributed by atoms with E-state index < -0.39 is 182 Å². The summed E-state index contributed by atoms with van der Waals surface area (Å²) in [5.41, 5.74) is -0.134. The quantitative estimate of drug-likeness (QED) is 0.158. The van der Waals surface area contributed by atoms with Crippen LogP contribution in [0.3, 0.4) is 0 Å². The maximum atomic E-state index is 14.7. The van der Waals surface area contributed by atoms with Crippen LogP contribution in [0.25, 0.3) is 10.9 Å². The van der Waals surface area contributed by atoms with Crippen LogP contribution in [-0.2, 0) is 67.4 Å². The van der Waals surface area contributed by atoms with E-state index in [0.29, 0.717) is 42.6 Å². The Labute approximate surface area is 491 Å². The van der Waals surface area contributed by atoms with Crippen molar-refractivity contribution in [2.24, 2.45) is 11.8 Å². The maximum absolute atomic E-state index is 14.7. The third kappa shape index (κ3) is 18.1. The Balaban J connectivity index is 1.48. The summed E-state index contributed by atoms with van der Waals surface area (Å²) in [6, 6.07) is -0.279. The number of carbonyl (C=O) groups is 11. The SMILES string of the molecule is CC(C)[C@H]1C(=O)OC[C@@H](NS(=O)(=O)CC[Si](C)(C)C)C(=O)N2CCCC[C@H]2C(=O)NCC(=O)N(C)CC(=O)N(C)[C@@H](C(C)C)C(=O)OC[C@@H](NC(=O)c2nc3ccccc3cc2O)C(=O)N2CCCC[C@H]2C(=O)NCC(=O)N(C)CC(=O)N1C. The molecule has 0 bridgehead atoms. The highest BCUT2D eigenvalue weighted by atomic mass is 32.2. The second kappa shape index (κ2) is 29.5. The molecule has 0 spiro atoms. The second-order valence-electron chi connectivity index (χ2n) is 23.5. The van der Waals surface area contributed by atoms with E-state index in [9.17, 15) is 66.3 Å². The van der Waals surface area contributed by atoms with Gasteiger partial charge >= 0.3 is 11.9 Å². The topological polar surface area (TPSA) is 341 Å². The number of esters is 2. The number of nitrogens with one attached hydrogen (secondary N) is 4. The van der Waals surface area contributed by atoms with Gasteiger partial charge in [0, 0.05) is 54.7 Å². The third-order valence-electron chi connectivity index (χ3n) is 15.0. The molecule has 464 valence electrons. The van der Waals surface area contributed by atoms with Gasteiger partial charge in [-0.3, -0.25) is 43.2 Å². The molecule has 3 aliphatic rings. The minimum atomic E-state index is -4.21. The first-order valence-electron chi connectivity index (χ1n) is 28.2. The van der Waals surface area contributed by atoms with Crippen molar-refractivity contribution in [2.75, 3.05) is 86.4 Å². The van der Waals surface area contributed by atoms with Crippen molar-refractivity contribution in [2.45, 2.75) is 128 Å². The molecule has 3 aliphatic heterocycles. The van der Waals surface area contributed by atoms with E-state index in [1.54, 1.807) is 52.0 Å². The molecule has 1 aromatic heterocycles. The van der Waals surface area contributed by atoms with Crippen LogP contribution < -0.4 is 20.7 Å². The van der Waals surface area contributed by atoms with E-state index in [1.165, 1.54) is 39.2 Å². The lowest BCUT2D eigenvalue weighted by atomic mass is 10.00. The average molecular weight is 1210 g/mol. The monoisotopic (exact) mass is 1210 g/mol. The number of benzene rings is 1. The Morgan fingerprint density at radius 1 is 0.690 bits per heavy atom. The predicted molar refractivity (Wildman–Crippen MR) is 308 cm³/mol. The Morgan fingerprint density at radius 3 is 1.61 bits per heavy atom. The number of likely N-dealkylation sites (N-methyl/N-ethyl adjacent to an activating group) is 4. The van der Waals surface area contributed by atoms with Gasteiger partial charge in [-0.15, -0.1) is 0 Å². The normalized spacial score (nSPS) is 24.0. The number of hydrogen-bond acceptors (Lipinski definition) is 17. The highest BCUT2D eigenvalue weighted by Crippen LogP contribution is 2.25. The van der Waals surface area contributed by atoms with Gasteiger partial charge in [0.15, 0.2) is 5.69 Å². The van der Waals surface area contributed by atoms with Crippen molar-refractivity contribution in [3.05, 3.63) is 36.0 Å². The number of aromatic hydroxyl groups is 1. The standard InChI is InChI=1S/C55H83N11O16SSi/c1-33(2)47-54(77)81-31-37(59-51(74)46-41(67)26-35-18-12-13-19-36(35)58-46)52(75)65-22-16-14-20-39(65)49(72)56-27-42(68)62(6)30-45(71)64(8)48(34(3)4)55(78)82-32-38(60-83(79,80)24-25-84(9,10)11)53(76)66-23-17-15-21-40(66)50(73)57-28-43(69)61(5)29-44(70)63(47)7/h12-13,18-19,26,33-34,37-40,47-48,60,67H,14-17,20-25,27-32H2,1-11H3,(H,56,72)(H,57,73)(H,59,74)/t37-,38-,39+,40+,47+,48+/m1/s1. The number of rotatable bonds is 9. The van der Waals surface area contributed by atoms with E-state index in [-0.39, 0.29) is 31.7 Å². The number of amides is 9. The van der Waals surface area contributed by atoms with Gasteiger partial charge < -0.3 is 59.9 Å². The Morgan fingerprint density at radius 2 is 1.14 bits per heavy atom. The lowest BCUT2D eigenvalue weighted by Crippen LogP contribution is -2.60. The molecule has 0 radical (unpaired) electrons. The summed E-state index contributed by atoms with van der Waals surface area (Å²) in [6.07, 6.45) is 1.99. The van der Waals surface area contributed by atoms with Crippen LogP contribution in [0.1, 0.15) is 76.7 Å². The highest BCUT2D eigenvalue weighted by molar-refractivity contribution is 7.89. The first-order valence-corrected chi connectivity index (χ1v) is 33.6. The molecular weight excluding hydrogens is 1130 g/mol. The van der Waals surface area contributed by atoms with Crippen molar-refractivity contribution in [1.29, 1.82) is 0 Å². The number of pyridine rings is 1. The van der Waals surface area contributed by atoms with Gasteiger partial charge in [0.2, 0.25) is 57.3 Å². The molecule has 0 saturated carbocycles. The van der Waals surface area contributed by atoms with Crippen LogP contribution >= 0.6 is 0 Å². The molecule has 3 fully saturated rings. The number of aromatic nitrogens is 1. The fraction of sp³-hybridized carbons (Fsp3) is 0.636. The zero-order chi connectivity index (χ0) is 62.5. The molecule has 5 rings (SSSR count). The molecule has 1 aromatic carbocycles. The van der Waals surface area contributed by atoms with Crippen LogP contribution in [0.5, 0.6) is 5.75 Å². The first kappa shape index (κ1) is 67.5. The van der Waals surface area contributed by atoms with Crippen LogP contribution in [0.4, 0.5) is 0 Å². The lowest BCUT2D eigenvalue weighted by molar-refractivity contribution is -0.159. The fourth-order valence-corrected chi connectivity index (χ4v) is 14.3. The van der Waals surface area contributed by atoms with Gasteiger partial charge in [-0.05, 0) is 68.5 Å². The predicted octanol–water partition coefficient (Wildman–Crippen LogP) is -0.358. The van der Waals surface area contributed by atoms with Crippen LogP contribution in [-0.4, -0.2) is 244 Å². The van der Waals surface area contributed by atoms with E-state index >= 15 is 0 Å². The minimum absolute atomic E-state index is 0.00804. The summed E-state index contributed by atoms with van der Waals surface area (Å²) in [5, 5.41) is 19.0. The zero-order valence-corrected chi connectivity index (χ0v) is 51.7. The number of sulfonamides is 1. The number of piperidine rings is 2. The Hall–Kier alpha value is -7.27. The molecule has 4 heterocycles. The molecule has 84 heavy (non-hydrogen) atoms. The number of nitrogens with zero attached hydrogens (tertiary/aromatic N) is 7. The summed E-state index contributed by atoms with van der Waals surface area (Å²) in [6.45, 7) is 8.16. The Bertz CT molecular complexity index is 2920. The molecular formula is C55H83N11O16SSi. The van der Waals surface area contributed by atoms with Crippen molar-refractivity contribution in [3.8, 4) is 5.75 Å². The zero-order valence-electron chi connectivity index (χ0n) is 49.9. The Kier molecular flexibility index (Phi) is 23.7. The van der Waals surface area contributed by atoms with Crippen molar-refractivity contribution in [3.63, 3.8) is 0 Å². The molecule has 0 aliphatic carbocycles. The summed E-state index contributed by atoms with van der Waals surface area (Å²) >= 11 is 0. The lowest BCUT2D eigenvalue weighted by Gasteiger charge is -2.37. The number of ether oxygens (including phenoxy) is 2. The van der Waals surface area contributed by atoms with E-state index in [4.69, 9.17) is 9.47 Å². The van der Waals surface area contributed by atoms with Gasteiger partial charge in [-0.1, -0.05) is 65.5 Å². The maximum Gasteiger partial charge on any atom is 0.329 e. The van der Waals surface area contributed by atoms with E-state index in [0.717, 1.165) is 24.5 Å². The molecule has 3 saturated heterocycles. The molecule has 2 aromatic rings. The van der Waals surface area contributed by atoms with Crippen LogP contribution in [0.2, 0.25) is 25.7 Å². The summed E-state index contributed by atoms with van der Waals surface area (Å²) in [4.78, 5) is 165. The molecule has 0 unspecified atom stereocenters. The largest absolute Gasteiger partial charge is 0.505 e. The minimum Gasteiger partial charge on any atom is -0.505 e. The van der Waals surface area contributed by atoms with E-state index in [2.05, 4.69) is 25.7 Å². The average Bonchev–Trinajstić information content (AvgIpc) is 3.61. The van der Waals surface area contributed by atoms with Crippen molar-refractivity contribution >= 4 is 94.1 Å². The van der Waals surface area contributed by atoms with Crippen LogP contribution in [0.15, 0.2) is 30.3 Å². The number of hydrogen-bond donors (Lipinski definition) is 5. The van der Waals surface area contributed by atoms with Gasteiger partial charge in [0.25, 0.3) is 5.91 Å². The van der Waals surface area contributed by atoms with Gasteiger partial charge in [-0.2, -0.15) is 4.72 Å². The number of fused-ring (bicyclic) bond motifs is 3. The third-order valence-corrected chi connectivity index (χ3v) is 18.5. The molecule has 5 N–H and O–H groups in total. The van der Waals surface area contributed by atoms with Crippen molar-refractivity contribution < 1.29 is 75.7 Å². The smallest absolute Gasteiger partial charge is 0.329 e. The summed E-state index contributed by atoms with van der Waals surface area (Å²) in [7, 11) is -0.982. The van der Waals surface area contributed by atoms with Gasteiger partial charge in [0.05, 0.1) is 37.4 Å².